The highest BCUT2D eigenvalue weighted by Gasteiger charge is 2.39. The summed E-state index contributed by atoms with van der Waals surface area (Å²) in [5.41, 5.74) is 1.08. The summed E-state index contributed by atoms with van der Waals surface area (Å²) in [7, 11) is 1.69. The van der Waals surface area contributed by atoms with Gasteiger partial charge in [0.05, 0.1) is 9.85 Å². The Labute approximate surface area is 254 Å². The topological polar surface area (TPSA) is 151 Å². The fourth-order valence-corrected chi connectivity index (χ4v) is 4.59. The van der Waals surface area contributed by atoms with Crippen LogP contribution in [-0.4, -0.2) is 76.9 Å². The number of piperidine rings is 2. The molecule has 0 saturated carbocycles. The van der Waals surface area contributed by atoms with Crippen LogP contribution >= 0.6 is 0 Å². The van der Waals surface area contributed by atoms with Crippen molar-refractivity contribution < 1.29 is 45.6 Å². The smallest absolute Gasteiger partial charge is 0.423 e. The number of hydrogen-bond donors (Lipinski definition) is 3. The van der Waals surface area contributed by atoms with E-state index >= 15 is 0 Å². The number of rotatable bonds is 5. The van der Waals surface area contributed by atoms with E-state index in [0.29, 0.717) is 18.2 Å². The van der Waals surface area contributed by atoms with Gasteiger partial charge in [0.2, 0.25) is 0 Å². The number of nitro groups is 2. The average molecular weight is 654 g/mol. The maximum atomic E-state index is 12.9. The molecule has 2 aliphatic rings. The Morgan fingerprint density at radius 1 is 0.867 bits per heavy atom. The third-order valence-electron chi connectivity index (χ3n) is 7.15. The maximum absolute atomic E-state index is 12.9. The number of nitro benzene ring substituents is 2. The van der Waals surface area contributed by atoms with Gasteiger partial charge in [-0.3, -0.25) is 20.2 Å². The first kappa shape index (κ1) is 37.6. The van der Waals surface area contributed by atoms with Crippen molar-refractivity contribution in [2.45, 2.75) is 56.9 Å². The second kappa shape index (κ2) is 16.1. The first-order chi connectivity index (χ1) is 20.8. The van der Waals surface area contributed by atoms with E-state index in [2.05, 4.69) is 10.2 Å². The highest BCUT2D eigenvalue weighted by molar-refractivity contribution is 6.45. The van der Waals surface area contributed by atoms with Crippen molar-refractivity contribution >= 4 is 24.1 Å². The zero-order valence-corrected chi connectivity index (χ0v) is 24.4. The second-order valence-electron chi connectivity index (χ2n) is 10.6. The molecule has 0 aliphatic carbocycles. The van der Waals surface area contributed by atoms with Gasteiger partial charge in [-0.1, -0.05) is 0 Å². The molecule has 0 bridgehead atoms. The normalized spacial score (nSPS) is 17.0. The van der Waals surface area contributed by atoms with E-state index in [-0.39, 0.29) is 24.8 Å². The van der Waals surface area contributed by atoms with Crippen LogP contribution in [0.5, 0.6) is 0 Å². The van der Waals surface area contributed by atoms with E-state index in [1.165, 1.54) is 6.07 Å². The molecule has 2 aliphatic heterocycles. The Hall–Kier alpha value is -3.55. The van der Waals surface area contributed by atoms with Gasteiger partial charge in [-0.05, 0) is 90.0 Å². The minimum absolute atomic E-state index is 0.0868. The van der Waals surface area contributed by atoms with E-state index in [1.54, 1.807) is 6.82 Å². The van der Waals surface area contributed by atoms with Crippen LogP contribution in [0, 0.1) is 26.0 Å². The lowest BCUT2D eigenvalue weighted by Gasteiger charge is -2.30. The van der Waals surface area contributed by atoms with Crippen molar-refractivity contribution in [3.8, 4) is 0 Å². The molecule has 4 rings (SSSR count). The minimum atomic E-state index is -4.93. The zero-order chi connectivity index (χ0) is 34.1. The summed E-state index contributed by atoms with van der Waals surface area (Å²) in [5, 5.41) is 33.0. The number of halogens is 7. The monoisotopic (exact) mass is 654 g/mol. The standard InChI is InChI=1S/C13H16F3N3O2.C7H3F4NO2.C6H15BN2O/c1-18-6-4-9(5-7-18)17-10-2-3-12(19(20)21)11(8-10)13(14,15)16;8-4-1-2-6(12(13)14)5(3-4)7(9,10)11;1-7(10)9-4-2-6(8)3-5-9/h2-3,8-9,17H,4-7H2,1H3;1-3H;6,10H,2-5,8H2,1H3. The number of anilines is 1. The molecule has 0 amide bonds. The van der Waals surface area contributed by atoms with Crippen molar-refractivity contribution in [2.24, 2.45) is 5.73 Å². The van der Waals surface area contributed by atoms with Crippen LogP contribution in [-0.2, 0) is 12.4 Å². The average Bonchev–Trinajstić information content (AvgIpc) is 2.94. The fourth-order valence-electron chi connectivity index (χ4n) is 4.59. The van der Waals surface area contributed by atoms with Crippen LogP contribution in [0.3, 0.4) is 0 Å². The predicted molar refractivity (Wildman–Crippen MR) is 153 cm³/mol. The highest BCUT2D eigenvalue weighted by atomic mass is 19.4. The van der Waals surface area contributed by atoms with Gasteiger partial charge in [0.25, 0.3) is 11.4 Å². The molecule has 11 nitrogen and oxygen atoms in total. The van der Waals surface area contributed by atoms with Gasteiger partial charge in [0.15, 0.2) is 0 Å². The van der Waals surface area contributed by atoms with Crippen LogP contribution in [0.2, 0.25) is 6.82 Å². The molecule has 4 N–H and O–H groups in total. The third kappa shape index (κ3) is 12.1. The molecule has 0 atom stereocenters. The Morgan fingerprint density at radius 2 is 1.33 bits per heavy atom. The molecule has 45 heavy (non-hydrogen) atoms. The van der Waals surface area contributed by atoms with Crippen molar-refractivity contribution in [1.29, 1.82) is 0 Å². The molecule has 2 aromatic carbocycles. The van der Waals surface area contributed by atoms with Crippen molar-refractivity contribution in [3.05, 3.63) is 73.6 Å². The van der Waals surface area contributed by atoms with E-state index in [0.717, 1.165) is 64.0 Å². The van der Waals surface area contributed by atoms with Crippen LogP contribution < -0.4 is 11.1 Å². The Balaban J connectivity index is 0.000000254. The Bertz CT molecular complexity index is 1290. The summed E-state index contributed by atoms with van der Waals surface area (Å²) in [4.78, 5) is 22.8. The summed E-state index contributed by atoms with van der Waals surface area (Å²) in [6.07, 6.45) is -5.98. The number of nitrogens with zero attached hydrogens (tertiary/aromatic N) is 4. The predicted octanol–water partition coefficient (Wildman–Crippen LogP) is 5.39. The van der Waals surface area contributed by atoms with E-state index in [1.807, 2.05) is 11.9 Å². The number of benzene rings is 2. The molecule has 19 heteroatoms. The summed E-state index contributed by atoms with van der Waals surface area (Å²) in [5.74, 6) is -1.16. The van der Waals surface area contributed by atoms with Gasteiger partial charge in [0, 0.05) is 29.9 Å². The largest absolute Gasteiger partial charge is 0.437 e. The SMILES string of the molecule is CB(O)N1CCC(N)CC1.CN1CCC(Nc2ccc([N+](=O)[O-])c(C(F)(F)F)c2)CC1.O=[N+]([O-])c1ccc(F)cc1C(F)(F)F. The van der Waals surface area contributed by atoms with Gasteiger partial charge in [0.1, 0.15) is 16.9 Å². The van der Waals surface area contributed by atoms with Crippen molar-refractivity contribution in [3.63, 3.8) is 0 Å². The number of hydrogen-bond acceptors (Lipinski definition) is 9. The van der Waals surface area contributed by atoms with Gasteiger partial charge in [-0.25, -0.2) is 4.39 Å². The molecule has 0 aromatic heterocycles. The fraction of sp³-hybridized carbons (Fsp3) is 0.538. The molecule has 0 spiro atoms. The summed E-state index contributed by atoms with van der Waals surface area (Å²) >= 11 is 0. The first-order valence-electron chi connectivity index (χ1n) is 13.8. The van der Waals surface area contributed by atoms with Crippen molar-refractivity contribution in [1.82, 2.24) is 9.71 Å². The first-order valence-corrected chi connectivity index (χ1v) is 13.8. The maximum Gasteiger partial charge on any atom is 0.423 e. The van der Waals surface area contributed by atoms with Crippen LogP contribution in [0.25, 0.3) is 0 Å². The van der Waals surface area contributed by atoms with Gasteiger partial charge in [-0.2, -0.15) is 26.3 Å². The Morgan fingerprint density at radius 3 is 1.78 bits per heavy atom. The molecule has 2 fully saturated rings. The lowest BCUT2D eigenvalue weighted by molar-refractivity contribution is -0.388. The molecular weight excluding hydrogens is 620 g/mol. The minimum Gasteiger partial charge on any atom is -0.437 e. The highest BCUT2D eigenvalue weighted by Crippen LogP contribution is 2.38. The number of likely N-dealkylation sites (tertiary alicyclic amines) is 1. The van der Waals surface area contributed by atoms with E-state index < -0.39 is 50.5 Å². The molecule has 250 valence electrons. The van der Waals surface area contributed by atoms with Crippen LogP contribution in [0.4, 0.5) is 47.8 Å². The third-order valence-corrected chi connectivity index (χ3v) is 7.15. The molecular formula is C26H34BF7N6O5. The second-order valence-corrected chi connectivity index (χ2v) is 10.6. The summed E-state index contributed by atoms with van der Waals surface area (Å²) < 4.78 is 87.4. The molecule has 0 radical (unpaired) electrons. The van der Waals surface area contributed by atoms with Gasteiger partial charge in [-0.15, -0.1) is 0 Å². The zero-order valence-electron chi connectivity index (χ0n) is 24.4. The molecule has 2 saturated heterocycles. The quantitative estimate of drug-likeness (QED) is 0.167. The van der Waals surface area contributed by atoms with Crippen LogP contribution in [0.15, 0.2) is 36.4 Å². The number of nitrogens with one attached hydrogen (secondary N) is 1. The molecule has 2 aromatic rings. The molecule has 0 unspecified atom stereocenters. The summed E-state index contributed by atoms with van der Waals surface area (Å²) in [6, 6.07) is 4.67. The lowest BCUT2D eigenvalue weighted by atomic mass is 9.82. The Kier molecular flexibility index (Phi) is 13.5. The molecule has 2 heterocycles. The number of nitrogens with two attached hydrogens (primary N) is 1. The lowest BCUT2D eigenvalue weighted by Crippen LogP contribution is -2.46. The van der Waals surface area contributed by atoms with Crippen molar-refractivity contribution in [2.75, 3.05) is 38.5 Å². The van der Waals surface area contributed by atoms with E-state index in [4.69, 9.17) is 10.8 Å². The number of alkyl halides is 6. The summed E-state index contributed by atoms with van der Waals surface area (Å²) in [6.45, 7) is 5.43. The van der Waals surface area contributed by atoms with Gasteiger partial charge >= 0.3 is 19.4 Å². The van der Waals surface area contributed by atoms with Crippen LogP contribution in [0.1, 0.15) is 36.8 Å². The van der Waals surface area contributed by atoms with Gasteiger partial charge < -0.3 is 25.8 Å². The van der Waals surface area contributed by atoms with E-state index in [9.17, 15) is 51.0 Å².